The van der Waals surface area contributed by atoms with E-state index >= 15 is 0 Å². The van der Waals surface area contributed by atoms with Gasteiger partial charge >= 0.3 is 0 Å². The molecule has 0 saturated heterocycles. The maximum absolute atomic E-state index is 12.6. The van der Waals surface area contributed by atoms with E-state index in [0.29, 0.717) is 12.2 Å². The number of Topliss-reactive ketones (excluding diaryl/α,β-unsaturated/α-hetero) is 1. The second-order valence-corrected chi connectivity index (χ2v) is 6.57. The zero-order chi connectivity index (χ0) is 18.9. The molecule has 0 aliphatic heterocycles. The molecule has 0 amide bonds. The van der Waals surface area contributed by atoms with Crippen LogP contribution in [0, 0.1) is 0 Å². The molecule has 0 aliphatic carbocycles. The van der Waals surface area contributed by atoms with E-state index < -0.39 is 0 Å². The Morgan fingerprint density at radius 2 is 1.43 bits per heavy atom. The van der Waals surface area contributed by atoms with Crippen LogP contribution in [0.25, 0.3) is 0 Å². The molecule has 28 heavy (non-hydrogen) atoms. The lowest BCUT2D eigenvalue weighted by atomic mass is 10.0. The number of ether oxygens (including phenoxy) is 1. The molecule has 0 fully saturated rings. The molecular weight excluding hydrogens is 414 g/mol. The van der Waals surface area contributed by atoms with Crippen molar-refractivity contribution in [2.75, 3.05) is 6.54 Å². The largest absolute Gasteiger partial charge is 0.489 e. The number of halogens is 1. The Labute approximate surface area is 177 Å². The van der Waals surface area contributed by atoms with Gasteiger partial charge in [0.15, 0.2) is 5.78 Å². The summed E-state index contributed by atoms with van der Waals surface area (Å²) in [4.78, 5) is 12.6. The normalized spacial score (nSPS) is 11.3. The lowest BCUT2D eigenvalue weighted by Crippen LogP contribution is -2.35. The van der Waals surface area contributed by atoms with Gasteiger partial charge in [-0.2, -0.15) is 0 Å². The van der Waals surface area contributed by atoms with Crippen LogP contribution in [0.15, 0.2) is 84.9 Å². The Morgan fingerprint density at radius 3 is 2.04 bits per heavy atom. The van der Waals surface area contributed by atoms with Crippen molar-refractivity contribution in [2.24, 2.45) is 0 Å². The van der Waals surface area contributed by atoms with Gasteiger partial charge in [0, 0.05) is 5.56 Å². The molecule has 3 aromatic carbocycles. The van der Waals surface area contributed by atoms with E-state index in [2.05, 4.69) is 17.4 Å². The van der Waals surface area contributed by atoms with Crippen LogP contribution in [-0.2, 0) is 13.0 Å². The van der Waals surface area contributed by atoms with Crippen LogP contribution in [0.5, 0.6) is 5.75 Å². The van der Waals surface area contributed by atoms with Crippen LogP contribution in [0.3, 0.4) is 0 Å². The van der Waals surface area contributed by atoms with E-state index in [1.54, 1.807) is 0 Å². The highest BCUT2D eigenvalue weighted by molar-refractivity contribution is 8.93. The van der Waals surface area contributed by atoms with Gasteiger partial charge in [-0.15, -0.1) is 17.0 Å². The fourth-order valence-corrected chi connectivity index (χ4v) is 2.88. The Balaban J connectivity index is 0.00000280. The van der Waals surface area contributed by atoms with Crippen molar-refractivity contribution in [2.45, 2.75) is 26.0 Å². The van der Waals surface area contributed by atoms with Gasteiger partial charge in [-0.05, 0) is 55.3 Å². The average molecular weight is 440 g/mol. The number of rotatable bonds is 9. The van der Waals surface area contributed by atoms with Crippen LogP contribution in [-0.4, -0.2) is 18.4 Å². The van der Waals surface area contributed by atoms with Crippen LogP contribution >= 0.6 is 17.0 Å². The smallest absolute Gasteiger partial charge is 0.179 e. The monoisotopic (exact) mass is 439 g/mol. The number of ketones is 1. The van der Waals surface area contributed by atoms with Gasteiger partial charge in [0.1, 0.15) is 12.4 Å². The summed E-state index contributed by atoms with van der Waals surface area (Å²) >= 11 is 0. The van der Waals surface area contributed by atoms with Crippen molar-refractivity contribution < 1.29 is 9.53 Å². The maximum atomic E-state index is 12.6. The first-order valence-electron chi connectivity index (χ1n) is 9.31. The van der Waals surface area contributed by atoms with Gasteiger partial charge in [0.05, 0.1) is 6.04 Å². The first-order valence-corrected chi connectivity index (χ1v) is 9.31. The van der Waals surface area contributed by atoms with E-state index in [1.165, 1.54) is 5.56 Å². The molecule has 0 spiro atoms. The minimum Gasteiger partial charge on any atom is -0.489 e. The molecule has 1 atom stereocenters. The molecule has 146 valence electrons. The van der Waals surface area contributed by atoms with Gasteiger partial charge in [-0.3, -0.25) is 4.79 Å². The molecule has 0 heterocycles. The third kappa shape index (κ3) is 6.63. The standard InChI is InChI=1S/C24H25NO2.BrH/c1-19(25-17-16-20-8-4-2-5-9-20)24(26)22-12-14-23(15-13-22)27-18-21-10-6-3-7-11-21;/h2-15,19,25H,16-18H2,1H3;1H/t19-;/m1./s1. The van der Waals surface area contributed by atoms with Gasteiger partial charge in [0.25, 0.3) is 0 Å². The first kappa shape index (κ1) is 21.9. The van der Waals surface area contributed by atoms with E-state index in [0.717, 1.165) is 24.3 Å². The van der Waals surface area contributed by atoms with E-state index in [4.69, 9.17) is 4.74 Å². The molecule has 3 nitrogen and oxygen atoms in total. The number of hydrogen-bond donors (Lipinski definition) is 1. The number of carbonyl (C=O) groups is 1. The van der Waals surface area contributed by atoms with E-state index in [9.17, 15) is 4.79 Å². The summed E-state index contributed by atoms with van der Waals surface area (Å²) < 4.78 is 5.77. The highest BCUT2D eigenvalue weighted by Gasteiger charge is 2.14. The Morgan fingerprint density at radius 1 is 0.857 bits per heavy atom. The summed E-state index contributed by atoms with van der Waals surface area (Å²) in [5.74, 6) is 0.859. The third-order valence-electron chi connectivity index (χ3n) is 4.49. The molecular formula is C24H26BrNO2. The molecule has 0 saturated carbocycles. The Hall–Kier alpha value is -2.43. The van der Waals surface area contributed by atoms with E-state index in [1.807, 2.05) is 79.7 Å². The molecule has 0 aliphatic rings. The number of carbonyl (C=O) groups excluding carboxylic acids is 1. The van der Waals surface area contributed by atoms with Crippen molar-refractivity contribution in [3.8, 4) is 5.75 Å². The number of benzene rings is 3. The van der Waals surface area contributed by atoms with Gasteiger partial charge in [-0.25, -0.2) is 0 Å². The number of nitrogens with one attached hydrogen (secondary N) is 1. The van der Waals surface area contributed by atoms with Crippen LogP contribution < -0.4 is 10.1 Å². The predicted molar refractivity (Wildman–Crippen MR) is 119 cm³/mol. The van der Waals surface area contributed by atoms with Crippen LogP contribution in [0.2, 0.25) is 0 Å². The molecule has 4 heteroatoms. The summed E-state index contributed by atoms with van der Waals surface area (Å²) in [6.07, 6.45) is 0.907. The van der Waals surface area contributed by atoms with E-state index in [-0.39, 0.29) is 28.8 Å². The van der Waals surface area contributed by atoms with Gasteiger partial charge in [0.2, 0.25) is 0 Å². The third-order valence-corrected chi connectivity index (χ3v) is 4.49. The maximum Gasteiger partial charge on any atom is 0.179 e. The topological polar surface area (TPSA) is 38.3 Å². The van der Waals surface area contributed by atoms with Crippen molar-refractivity contribution in [1.29, 1.82) is 0 Å². The minimum atomic E-state index is -0.218. The fraction of sp³-hybridized carbons (Fsp3) is 0.208. The van der Waals surface area contributed by atoms with Crippen LogP contribution in [0.1, 0.15) is 28.4 Å². The molecule has 0 bridgehead atoms. The summed E-state index contributed by atoms with van der Waals surface area (Å²) in [6.45, 7) is 3.20. The van der Waals surface area contributed by atoms with Crippen molar-refractivity contribution in [1.82, 2.24) is 5.32 Å². The van der Waals surface area contributed by atoms with Crippen molar-refractivity contribution >= 4 is 22.8 Å². The zero-order valence-electron chi connectivity index (χ0n) is 16.0. The summed E-state index contributed by atoms with van der Waals surface area (Å²) in [5, 5.41) is 3.31. The SMILES string of the molecule is Br.C[C@@H](NCCc1ccccc1)C(=O)c1ccc(OCc2ccccc2)cc1. The quantitative estimate of drug-likeness (QED) is 0.462. The second kappa shape index (κ2) is 11.4. The average Bonchev–Trinajstić information content (AvgIpc) is 2.73. The molecule has 0 aromatic heterocycles. The minimum absolute atomic E-state index is 0. The molecule has 0 unspecified atom stereocenters. The number of hydrogen-bond acceptors (Lipinski definition) is 3. The summed E-state index contributed by atoms with van der Waals surface area (Å²) in [5.41, 5.74) is 3.08. The Bertz CT molecular complexity index is 835. The zero-order valence-corrected chi connectivity index (χ0v) is 17.7. The van der Waals surface area contributed by atoms with Crippen molar-refractivity contribution in [3.05, 3.63) is 102 Å². The molecule has 0 radical (unpaired) electrons. The summed E-state index contributed by atoms with van der Waals surface area (Å²) in [6, 6.07) is 27.5. The molecule has 3 aromatic rings. The highest BCUT2D eigenvalue weighted by Crippen LogP contribution is 2.15. The van der Waals surface area contributed by atoms with Gasteiger partial charge in [-0.1, -0.05) is 60.7 Å². The van der Waals surface area contributed by atoms with Gasteiger partial charge < -0.3 is 10.1 Å². The summed E-state index contributed by atoms with van der Waals surface area (Å²) in [7, 11) is 0. The molecule has 1 N–H and O–H groups in total. The second-order valence-electron chi connectivity index (χ2n) is 6.57. The highest BCUT2D eigenvalue weighted by atomic mass is 79.9. The lowest BCUT2D eigenvalue weighted by molar-refractivity contribution is 0.0951. The lowest BCUT2D eigenvalue weighted by Gasteiger charge is -2.13. The van der Waals surface area contributed by atoms with Crippen molar-refractivity contribution in [3.63, 3.8) is 0 Å². The van der Waals surface area contributed by atoms with Crippen LogP contribution in [0.4, 0.5) is 0 Å². The predicted octanol–water partition coefficient (Wildman–Crippen LogP) is 5.25. The first-order chi connectivity index (χ1) is 13.2. The molecule has 3 rings (SSSR count). The fourth-order valence-electron chi connectivity index (χ4n) is 2.88. The Kier molecular flexibility index (Phi) is 8.92.